The Balaban J connectivity index is 1.47. The minimum atomic E-state index is 0.399. The van der Waals surface area contributed by atoms with Crippen molar-refractivity contribution in [2.75, 3.05) is 5.73 Å². The quantitative estimate of drug-likeness (QED) is 0.251. The lowest BCUT2D eigenvalue weighted by Crippen LogP contribution is -2.11. The molecule has 0 aliphatic heterocycles. The number of hydrogen-bond acceptors (Lipinski definition) is 2. The molecule has 7 aromatic rings. The van der Waals surface area contributed by atoms with Gasteiger partial charge in [-0.25, -0.2) is 0 Å². The van der Waals surface area contributed by atoms with Crippen molar-refractivity contribution < 1.29 is 0 Å². The molecule has 5 aromatic carbocycles. The summed E-state index contributed by atoms with van der Waals surface area (Å²) in [4.78, 5) is 0. The number of hydrogen-bond donors (Lipinski definition) is 2. The van der Waals surface area contributed by atoms with Gasteiger partial charge in [-0.15, -0.1) is 0 Å². The molecule has 4 nitrogen and oxygen atoms in total. The predicted molar refractivity (Wildman–Crippen MR) is 154 cm³/mol. The van der Waals surface area contributed by atoms with Crippen LogP contribution in [0.4, 0.5) is 5.69 Å². The summed E-state index contributed by atoms with van der Waals surface area (Å²) in [6.07, 6.45) is 0. The van der Waals surface area contributed by atoms with Gasteiger partial charge in [0.1, 0.15) is 0 Å². The Morgan fingerprint density at radius 3 is 1.70 bits per heavy atom. The van der Waals surface area contributed by atoms with Crippen LogP contribution in [0.15, 0.2) is 127 Å². The zero-order chi connectivity index (χ0) is 24.9. The fourth-order valence-corrected chi connectivity index (χ4v) is 5.48. The lowest BCUT2D eigenvalue weighted by Gasteiger charge is -2.13. The molecule has 37 heavy (non-hydrogen) atoms. The number of nitrogens with two attached hydrogens (primary N) is 1. The van der Waals surface area contributed by atoms with Crippen molar-refractivity contribution in [1.82, 2.24) is 9.13 Å². The molecule has 0 amide bonds. The number of rotatable bonds is 4. The van der Waals surface area contributed by atoms with E-state index in [1.54, 1.807) is 0 Å². The second-order valence-corrected chi connectivity index (χ2v) is 9.25. The zero-order valence-corrected chi connectivity index (χ0v) is 20.1. The zero-order valence-electron chi connectivity index (χ0n) is 20.1. The first-order valence-electron chi connectivity index (χ1n) is 12.3. The van der Waals surface area contributed by atoms with E-state index in [9.17, 15) is 5.41 Å². The molecule has 176 valence electrons. The van der Waals surface area contributed by atoms with E-state index in [1.807, 2.05) is 48.5 Å². The van der Waals surface area contributed by atoms with Gasteiger partial charge in [-0.05, 0) is 48.5 Å². The minimum absolute atomic E-state index is 0.399. The van der Waals surface area contributed by atoms with Gasteiger partial charge >= 0.3 is 0 Å². The maximum absolute atomic E-state index is 9.38. The first kappa shape index (κ1) is 21.2. The Morgan fingerprint density at radius 2 is 1.03 bits per heavy atom. The number of para-hydroxylation sites is 4. The van der Waals surface area contributed by atoms with Crippen LogP contribution in [0, 0.1) is 5.41 Å². The summed E-state index contributed by atoms with van der Waals surface area (Å²) in [5, 5.41) is 12.6. The van der Waals surface area contributed by atoms with E-state index in [-0.39, 0.29) is 0 Å². The number of nitrogens with one attached hydrogen (secondary N) is 1. The minimum Gasteiger partial charge on any atom is -0.396 e. The highest BCUT2D eigenvalue weighted by atomic mass is 15.0. The van der Waals surface area contributed by atoms with Gasteiger partial charge in [-0.1, -0.05) is 78.9 Å². The molecule has 2 aromatic heterocycles. The maximum atomic E-state index is 9.38. The summed E-state index contributed by atoms with van der Waals surface area (Å²) >= 11 is 0. The first-order valence-corrected chi connectivity index (χ1v) is 12.3. The fraction of sp³-hybridized carbons (Fsp3) is 0. The molecule has 7 rings (SSSR count). The molecular formula is C33H24N4. The molecule has 0 aliphatic carbocycles. The molecule has 0 radical (unpaired) electrons. The third-order valence-corrected chi connectivity index (χ3v) is 7.14. The van der Waals surface area contributed by atoms with Crippen molar-refractivity contribution >= 4 is 44.1 Å². The van der Waals surface area contributed by atoms with Gasteiger partial charge in [0.05, 0.1) is 33.6 Å². The Labute approximate surface area is 214 Å². The van der Waals surface area contributed by atoms with Crippen LogP contribution >= 0.6 is 0 Å². The predicted octanol–water partition coefficient (Wildman–Crippen LogP) is 7.73. The molecule has 0 unspecified atom stereocenters. The van der Waals surface area contributed by atoms with E-state index in [0.29, 0.717) is 17.1 Å². The van der Waals surface area contributed by atoms with Crippen LogP contribution in [-0.4, -0.2) is 14.8 Å². The van der Waals surface area contributed by atoms with Crippen LogP contribution in [-0.2, 0) is 0 Å². The van der Waals surface area contributed by atoms with Crippen molar-refractivity contribution in [2.45, 2.75) is 0 Å². The summed E-state index contributed by atoms with van der Waals surface area (Å²) in [6.45, 7) is 0. The summed E-state index contributed by atoms with van der Waals surface area (Å²) in [6, 6.07) is 43.4. The SMILES string of the molecule is N=C(c1ccc2c(c1)c1ccccc1n2-c1ccccc1)c1c(N)c2ccccc2n1-c1ccccc1. The highest BCUT2D eigenvalue weighted by Gasteiger charge is 2.22. The topological polar surface area (TPSA) is 59.7 Å². The normalized spacial score (nSPS) is 11.5. The molecule has 0 atom stereocenters. The van der Waals surface area contributed by atoms with Crippen LogP contribution in [0.3, 0.4) is 0 Å². The molecule has 4 heteroatoms. The number of anilines is 1. The highest BCUT2D eigenvalue weighted by molar-refractivity contribution is 6.20. The smallest absolute Gasteiger partial charge is 0.0957 e. The highest BCUT2D eigenvalue weighted by Crippen LogP contribution is 2.36. The summed E-state index contributed by atoms with van der Waals surface area (Å²) in [5.41, 5.74) is 14.6. The summed E-state index contributed by atoms with van der Waals surface area (Å²) in [7, 11) is 0. The van der Waals surface area contributed by atoms with Crippen LogP contribution in [0.25, 0.3) is 44.1 Å². The van der Waals surface area contributed by atoms with Crippen molar-refractivity contribution in [3.63, 3.8) is 0 Å². The fourth-order valence-electron chi connectivity index (χ4n) is 5.48. The number of nitrogen functional groups attached to an aromatic ring is 1. The van der Waals surface area contributed by atoms with Crippen LogP contribution in [0.1, 0.15) is 11.3 Å². The summed E-state index contributed by atoms with van der Waals surface area (Å²) < 4.78 is 4.39. The lowest BCUT2D eigenvalue weighted by molar-refractivity contribution is 1.10. The molecule has 0 fully saturated rings. The maximum Gasteiger partial charge on any atom is 0.0957 e. The number of nitrogens with zero attached hydrogens (tertiary/aromatic N) is 2. The van der Waals surface area contributed by atoms with E-state index in [0.717, 1.165) is 49.6 Å². The molecule has 0 aliphatic rings. The standard InChI is InChI=1S/C33H24N4/c34-31(33-32(35)26-16-8-10-18-29(26)37(33)24-13-5-2-6-14-24)22-19-20-30-27(21-22)25-15-7-9-17-28(25)36(30)23-11-3-1-4-12-23/h1-21,34H,35H2. The largest absolute Gasteiger partial charge is 0.396 e. The van der Waals surface area contributed by atoms with E-state index >= 15 is 0 Å². The third-order valence-electron chi connectivity index (χ3n) is 7.14. The average molecular weight is 477 g/mol. The second kappa shape index (κ2) is 8.25. The van der Waals surface area contributed by atoms with E-state index in [2.05, 4.69) is 88.0 Å². The Morgan fingerprint density at radius 1 is 0.514 bits per heavy atom. The number of benzene rings is 5. The van der Waals surface area contributed by atoms with Gasteiger partial charge in [0.25, 0.3) is 0 Å². The summed E-state index contributed by atoms with van der Waals surface area (Å²) in [5.74, 6) is 0. The van der Waals surface area contributed by atoms with Crippen molar-refractivity contribution in [3.8, 4) is 11.4 Å². The molecule has 0 saturated carbocycles. The number of fused-ring (bicyclic) bond motifs is 4. The van der Waals surface area contributed by atoms with Crippen molar-refractivity contribution in [2.24, 2.45) is 0 Å². The van der Waals surface area contributed by atoms with Crippen LogP contribution in [0.5, 0.6) is 0 Å². The number of aromatic nitrogens is 2. The van der Waals surface area contributed by atoms with Crippen LogP contribution < -0.4 is 5.73 Å². The van der Waals surface area contributed by atoms with E-state index in [1.165, 1.54) is 0 Å². The Hall–Kier alpha value is -5.09. The first-order chi connectivity index (χ1) is 18.2. The lowest BCUT2D eigenvalue weighted by atomic mass is 10.0. The monoisotopic (exact) mass is 476 g/mol. The molecule has 0 saturated heterocycles. The van der Waals surface area contributed by atoms with Gasteiger partial charge < -0.3 is 14.9 Å². The van der Waals surface area contributed by atoms with Gasteiger partial charge in [-0.3, -0.25) is 5.41 Å². The third kappa shape index (κ3) is 3.20. The van der Waals surface area contributed by atoms with Gasteiger partial charge in [0.2, 0.25) is 0 Å². The van der Waals surface area contributed by atoms with E-state index < -0.39 is 0 Å². The van der Waals surface area contributed by atoms with Gasteiger partial charge in [0, 0.05) is 33.1 Å². The van der Waals surface area contributed by atoms with Crippen LogP contribution in [0.2, 0.25) is 0 Å². The van der Waals surface area contributed by atoms with Crippen molar-refractivity contribution in [1.29, 1.82) is 5.41 Å². The average Bonchev–Trinajstić information content (AvgIpc) is 3.45. The molecule has 2 heterocycles. The molecule has 3 N–H and O–H groups in total. The molecule has 0 spiro atoms. The van der Waals surface area contributed by atoms with Gasteiger partial charge in [-0.2, -0.15) is 0 Å². The molecular weight excluding hydrogens is 452 g/mol. The Bertz CT molecular complexity index is 1940. The van der Waals surface area contributed by atoms with Gasteiger partial charge in [0.15, 0.2) is 0 Å². The molecule has 0 bridgehead atoms. The Kier molecular flexibility index (Phi) is 4.73. The van der Waals surface area contributed by atoms with Crippen molar-refractivity contribution in [3.05, 3.63) is 139 Å². The van der Waals surface area contributed by atoms with E-state index in [4.69, 9.17) is 5.73 Å². The second-order valence-electron chi connectivity index (χ2n) is 9.25.